The van der Waals surface area contributed by atoms with Gasteiger partial charge in [-0.2, -0.15) is 0 Å². The van der Waals surface area contributed by atoms with E-state index in [-0.39, 0.29) is 11.2 Å². The first-order chi connectivity index (χ1) is 15.4. The third kappa shape index (κ3) is 6.87. The minimum Gasteiger partial charge on any atom is -0.478 e. The minimum absolute atomic E-state index is 0.0304. The predicted molar refractivity (Wildman–Crippen MR) is 120 cm³/mol. The van der Waals surface area contributed by atoms with Gasteiger partial charge in [0, 0.05) is 11.6 Å². The highest BCUT2D eigenvalue weighted by molar-refractivity contribution is 5.86. The average molecular weight is 456 g/mol. The molecule has 0 saturated carbocycles. The van der Waals surface area contributed by atoms with E-state index in [4.69, 9.17) is 9.84 Å². The number of aliphatic carboxylic acids is 1. The van der Waals surface area contributed by atoms with Crippen molar-refractivity contribution >= 4 is 12.0 Å². The van der Waals surface area contributed by atoms with Crippen molar-refractivity contribution < 1.29 is 32.5 Å². The zero-order chi connectivity index (χ0) is 24.2. The van der Waals surface area contributed by atoms with Crippen LogP contribution in [0, 0.1) is 0 Å². The summed E-state index contributed by atoms with van der Waals surface area (Å²) in [6.07, 6.45) is -2.41. The lowest BCUT2D eigenvalue weighted by molar-refractivity contribution is -0.274. The van der Waals surface area contributed by atoms with E-state index in [2.05, 4.69) is 25.5 Å². The van der Waals surface area contributed by atoms with Crippen LogP contribution in [0.15, 0.2) is 72.8 Å². The normalized spacial score (nSPS) is 12.1. The molecule has 0 aliphatic carbocycles. The Kier molecular flexibility index (Phi) is 6.81. The van der Waals surface area contributed by atoms with Crippen LogP contribution in [0.5, 0.6) is 17.2 Å². The first-order valence-corrected chi connectivity index (χ1v) is 10.1. The molecule has 0 atom stereocenters. The van der Waals surface area contributed by atoms with Gasteiger partial charge in [0.1, 0.15) is 17.2 Å². The first-order valence-electron chi connectivity index (χ1n) is 10.1. The smallest absolute Gasteiger partial charge is 0.478 e. The standard InChI is InChI=1S/C26H23F3O4/c1-25(2,3)20-10-12-21(13-11-20)32-23-16-19(8-7-17(23)9-14-24(30)31)18-5-4-6-22(15-18)33-26(27,28)29/h4-16H,1-3H3,(H,30,31)/b14-9+. The molecule has 0 heterocycles. The van der Waals surface area contributed by atoms with Gasteiger partial charge in [-0.3, -0.25) is 0 Å². The Labute approximate surface area is 189 Å². The number of carboxylic acid groups (broad SMARTS) is 1. The second-order valence-electron chi connectivity index (χ2n) is 8.38. The molecule has 3 aromatic carbocycles. The molecule has 0 amide bonds. The van der Waals surface area contributed by atoms with E-state index in [1.54, 1.807) is 24.3 Å². The van der Waals surface area contributed by atoms with Gasteiger partial charge in [0.2, 0.25) is 0 Å². The van der Waals surface area contributed by atoms with Crippen molar-refractivity contribution in [3.8, 4) is 28.4 Å². The Morgan fingerprint density at radius 3 is 2.15 bits per heavy atom. The highest BCUT2D eigenvalue weighted by Gasteiger charge is 2.31. The van der Waals surface area contributed by atoms with Crippen LogP contribution in [-0.2, 0) is 10.2 Å². The molecule has 172 valence electrons. The maximum Gasteiger partial charge on any atom is 0.573 e. The Morgan fingerprint density at radius 1 is 0.879 bits per heavy atom. The molecule has 4 nitrogen and oxygen atoms in total. The number of alkyl halides is 3. The van der Waals surface area contributed by atoms with Crippen molar-refractivity contribution in [2.75, 3.05) is 0 Å². The van der Waals surface area contributed by atoms with Gasteiger partial charge in [0.15, 0.2) is 0 Å². The summed E-state index contributed by atoms with van der Waals surface area (Å²) in [7, 11) is 0. The van der Waals surface area contributed by atoms with Crippen LogP contribution in [0.4, 0.5) is 13.2 Å². The van der Waals surface area contributed by atoms with Crippen LogP contribution in [0.25, 0.3) is 17.2 Å². The van der Waals surface area contributed by atoms with Crippen LogP contribution in [0.3, 0.4) is 0 Å². The summed E-state index contributed by atoms with van der Waals surface area (Å²) in [5, 5.41) is 8.98. The van der Waals surface area contributed by atoms with Crippen molar-refractivity contribution in [1.29, 1.82) is 0 Å². The van der Waals surface area contributed by atoms with Crippen LogP contribution < -0.4 is 9.47 Å². The SMILES string of the molecule is CC(C)(C)c1ccc(Oc2cc(-c3cccc(OC(F)(F)F)c3)ccc2/C=C/C(=O)O)cc1. The number of halogens is 3. The van der Waals surface area contributed by atoms with Crippen molar-refractivity contribution in [2.24, 2.45) is 0 Å². The third-order valence-corrected chi connectivity index (χ3v) is 4.77. The van der Waals surface area contributed by atoms with E-state index in [0.29, 0.717) is 28.2 Å². The van der Waals surface area contributed by atoms with E-state index in [0.717, 1.165) is 11.6 Å². The minimum atomic E-state index is -4.79. The molecule has 0 fully saturated rings. The lowest BCUT2D eigenvalue weighted by Gasteiger charge is -2.19. The third-order valence-electron chi connectivity index (χ3n) is 4.77. The maximum atomic E-state index is 12.6. The predicted octanol–water partition coefficient (Wildman–Crippen LogP) is 7.44. The summed E-state index contributed by atoms with van der Waals surface area (Å²) in [5.41, 5.74) is 2.66. The molecule has 0 bridgehead atoms. The van der Waals surface area contributed by atoms with E-state index in [1.807, 2.05) is 24.3 Å². The average Bonchev–Trinajstić information content (AvgIpc) is 2.71. The molecule has 0 aliphatic rings. The topological polar surface area (TPSA) is 55.8 Å². The zero-order valence-electron chi connectivity index (χ0n) is 18.3. The van der Waals surface area contributed by atoms with Gasteiger partial charge in [-0.25, -0.2) is 4.79 Å². The van der Waals surface area contributed by atoms with Crippen molar-refractivity contribution in [3.05, 3.63) is 83.9 Å². The molecule has 0 spiro atoms. The van der Waals surface area contributed by atoms with E-state index in [9.17, 15) is 18.0 Å². The van der Waals surface area contributed by atoms with Gasteiger partial charge >= 0.3 is 12.3 Å². The summed E-state index contributed by atoms with van der Waals surface area (Å²) in [4.78, 5) is 11.0. The molecule has 0 unspecified atom stereocenters. The molecule has 7 heteroatoms. The summed E-state index contributed by atoms with van der Waals surface area (Å²) < 4.78 is 47.8. The molecule has 0 saturated heterocycles. The van der Waals surface area contributed by atoms with Crippen molar-refractivity contribution in [2.45, 2.75) is 32.5 Å². The molecule has 0 radical (unpaired) electrons. The quantitative estimate of drug-likeness (QED) is 0.392. The number of benzene rings is 3. The second kappa shape index (κ2) is 9.40. The van der Waals surface area contributed by atoms with Gasteiger partial charge < -0.3 is 14.6 Å². The summed E-state index contributed by atoms with van der Waals surface area (Å²) in [6, 6.07) is 18.1. The first kappa shape index (κ1) is 23.9. The summed E-state index contributed by atoms with van der Waals surface area (Å²) in [6.45, 7) is 6.28. The molecular weight excluding hydrogens is 433 g/mol. The molecule has 1 N–H and O–H groups in total. The van der Waals surface area contributed by atoms with Crippen LogP contribution in [0.2, 0.25) is 0 Å². The Morgan fingerprint density at radius 2 is 1.55 bits per heavy atom. The highest BCUT2D eigenvalue weighted by atomic mass is 19.4. The largest absolute Gasteiger partial charge is 0.573 e. The molecule has 0 aliphatic heterocycles. The second-order valence-corrected chi connectivity index (χ2v) is 8.38. The van der Waals surface area contributed by atoms with Crippen LogP contribution in [0.1, 0.15) is 31.9 Å². The Bertz CT molecular complexity index is 1160. The fourth-order valence-electron chi connectivity index (χ4n) is 3.12. The Hall–Kier alpha value is -3.74. The lowest BCUT2D eigenvalue weighted by Crippen LogP contribution is -2.17. The molecule has 3 rings (SSSR count). The van der Waals surface area contributed by atoms with Gasteiger partial charge in [-0.15, -0.1) is 13.2 Å². The van der Waals surface area contributed by atoms with E-state index >= 15 is 0 Å². The van der Waals surface area contributed by atoms with Gasteiger partial charge in [-0.1, -0.05) is 57.2 Å². The van der Waals surface area contributed by atoms with Crippen LogP contribution >= 0.6 is 0 Å². The maximum absolute atomic E-state index is 12.6. The van der Waals surface area contributed by atoms with Crippen molar-refractivity contribution in [3.63, 3.8) is 0 Å². The number of hydrogen-bond donors (Lipinski definition) is 1. The lowest BCUT2D eigenvalue weighted by atomic mass is 9.87. The fourth-order valence-corrected chi connectivity index (χ4v) is 3.12. The molecule has 3 aromatic rings. The van der Waals surface area contributed by atoms with E-state index in [1.165, 1.54) is 24.3 Å². The van der Waals surface area contributed by atoms with Crippen LogP contribution in [-0.4, -0.2) is 17.4 Å². The summed E-state index contributed by atoms with van der Waals surface area (Å²) >= 11 is 0. The monoisotopic (exact) mass is 456 g/mol. The molecule has 0 aromatic heterocycles. The van der Waals surface area contributed by atoms with Gasteiger partial charge in [-0.05, 0) is 58.5 Å². The van der Waals surface area contributed by atoms with Gasteiger partial charge in [0.25, 0.3) is 0 Å². The number of hydrogen-bond acceptors (Lipinski definition) is 3. The van der Waals surface area contributed by atoms with Gasteiger partial charge in [0.05, 0.1) is 0 Å². The number of rotatable bonds is 6. The zero-order valence-corrected chi connectivity index (χ0v) is 18.3. The highest BCUT2D eigenvalue weighted by Crippen LogP contribution is 2.34. The molecule has 33 heavy (non-hydrogen) atoms. The number of carbonyl (C=O) groups is 1. The summed E-state index contributed by atoms with van der Waals surface area (Å²) in [5.74, 6) is -0.554. The fraction of sp³-hybridized carbons (Fsp3) is 0.192. The Balaban J connectivity index is 1.98. The molecular formula is C26H23F3O4. The number of carboxylic acids is 1. The van der Waals surface area contributed by atoms with E-state index < -0.39 is 12.3 Å². The number of ether oxygens (including phenoxy) is 2. The van der Waals surface area contributed by atoms with Crippen molar-refractivity contribution in [1.82, 2.24) is 0 Å².